The molecule has 1 rings (SSSR count). The normalized spacial score (nSPS) is 9.81. The summed E-state index contributed by atoms with van der Waals surface area (Å²) in [4.78, 5) is 20.2. The van der Waals surface area contributed by atoms with Gasteiger partial charge in [0.25, 0.3) is 5.69 Å². The number of carbonyl (C=O) groups is 1. The minimum atomic E-state index is -1.07. The van der Waals surface area contributed by atoms with Crippen molar-refractivity contribution in [3.63, 3.8) is 0 Å². The first-order valence-electron chi connectivity index (χ1n) is 4.40. The van der Waals surface area contributed by atoms with E-state index in [4.69, 9.17) is 5.11 Å². The third-order valence-electron chi connectivity index (χ3n) is 1.92. The van der Waals surface area contributed by atoms with Gasteiger partial charge in [-0.15, -0.1) is 0 Å². The van der Waals surface area contributed by atoms with E-state index in [9.17, 15) is 14.9 Å². The fourth-order valence-electron chi connectivity index (χ4n) is 1.16. The molecule has 1 amide bonds. The highest BCUT2D eigenvalue weighted by molar-refractivity contribution is 14.1. The molecule has 0 aliphatic rings. The van der Waals surface area contributed by atoms with Crippen molar-refractivity contribution >= 4 is 34.4 Å². The summed E-state index contributed by atoms with van der Waals surface area (Å²) in [7, 11) is 0. The lowest BCUT2D eigenvalue weighted by atomic mass is 10.1. The number of nitro groups is 1. The van der Waals surface area contributed by atoms with E-state index in [1.807, 2.05) is 22.6 Å². The van der Waals surface area contributed by atoms with Crippen molar-refractivity contribution in [2.24, 2.45) is 0 Å². The first-order chi connectivity index (χ1) is 7.50. The van der Waals surface area contributed by atoms with Gasteiger partial charge in [-0.1, -0.05) is 6.07 Å². The Morgan fingerprint density at radius 1 is 1.56 bits per heavy atom. The number of nitrogens with one attached hydrogen (secondary N) is 1. The molecule has 0 atom stereocenters. The Bertz CT molecular complexity index is 422. The predicted molar refractivity (Wildman–Crippen MR) is 65.5 cm³/mol. The van der Waals surface area contributed by atoms with E-state index in [1.165, 1.54) is 12.1 Å². The molecule has 1 aromatic carbocycles. The maximum absolute atomic E-state index is 10.5. The van der Waals surface area contributed by atoms with Crippen molar-refractivity contribution in [3.05, 3.63) is 37.4 Å². The van der Waals surface area contributed by atoms with Gasteiger partial charge in [-0.3, -0.25) is 10.1 Å². The lowest BCUT2D eigenvalue weighted by Gasteiger charge is -2.04. The van der Waals surface area contributed by atoms with Crippen LogP contribution in [0.25, 0.3) is 0 Å². The Morgan fingerprint density at radius 3 is 2.75 bits per heavy atom. The summed E-state index contributed by atoms with van der Waals surface area (Å²) in [5, 5.41) is 21.1. The van der Waals surface area contributed by atoms with Gasteiger partial charge in [-0.05, 0) is 34.6 Å². The minimum Gasteiger partial charge on any atom is -0.465 e. The SMILES string of the molecule is O=C(O)NCCc1ccc([N+](=O)[O-])cc1I. The first-order valence-corrected chi connectivity index (χ1v) is 5.48. The number of non-ortho nitro benzene ring substituents is 1. The number of hydrogen-bond acceptors (Lipinski definition) is 3. The third kappa shape index (κ3) is 3.65. The number of carboxylic acid groups (broad SMARTS) is 1. The Hall–Kier alpha value is -1.38. The van der Waals surface area contributed by atoms with Gasteiger partial charge in [0.15, 0.2) is 0 Å². The van der Waals surface area contributed by atoms with Gasteiger partial charge in [-0.25, -0.2) is 4.79 Å². The molecule has 0 bridgehead atoms. The molecule has 2 N–H and O–H groups in total. The van der Waals surface area contributed by atoms with Crippen molar-refractivity contribution in [1.82, 2.24) is 5.32 Å². The van der Waals surface area contributed by atoms with E-state index in [0.717, 1.165) is 9.13 Å². The van der Waals surface area contributed by atoms with Crippen LogP contribution in [0.5, 0.6) is 0 Å². The fraction of sp³-hybridized carbons (Fsp3) is 0.222. The van der Waals surface area contributed by atoms with Gasteiger partial charge in [0.05, 0.1) is 4.92 Å². The first kappa shape index (κ1) is 12.7. The summed E-state index contributed by atoms with van der Waals surface area (Å²) in [6, 6.07) is 4.53. The smallest absolute Gasteiger partial charge is 0.404 e. The molecule has 0 radical (unpaired) electrons. The number of hydrogen-bond donors (Lipinski definition) is 2. The van der Waals surface area contributed by atoms with E-state index >= 15 is 0 Å². The van der Waals surface area contributed by atoms with Crippen molar-refractivity contribution in [1.29, 1.82) is 0 Å². The molecular formula is C9H9IN2O4. The quantitative estimate of drug-likeness (QED) is 0.500. The summed E-state index contributed by atoms with van der Waals surface area (Å²) in [6.07, 6.45) is -0.556. The molecule has 86 valence electrons. The fourth-order valence-corrected chi connectivity index (χ4v) is 1.93. The minimum absolute atomic E-state index is 0.0411. The zero-order valence-corrected chi connectivity index (χ0v) is 10.3. The van der Waals surface area contributed by atoms with Gasteiger partial charge in [0.1, 0.15) is 0 Å². The topological polar surface area (TPSA) is 92.5 Å². The second kappa shape index (κ2) is 5.64. The average molecular weight is 336 g/mol. The molecule has 1 aromatic rings. The van der Waals surface area contributed by atoms with Crippen LogP contribution in [-0.2, 0) is 6.42 Å². The zero-order chi connectivity index (χ0) is 12.1. The molecule has 6 nitrogen and oxygen atoms in total. The van der Waals surface area contributed by atoms with Crippen LogP contribution < -0.4 is 5.32 Å². The Morgan fingerprint density at radius 2 is 2.25 bits per heavy atom. The van der Waals surface area contributed by atoms with Gasteiger partial charge >= 0.3 is 6.09 Å². The van der Waals surface area contributed by atoms with Gasteiger partial charge < -0.3 is 10.4 Å². The summed E-state index contributed by atoms with van der Waals surface area (Å²) in [6.45, 7) is 0.295. The van der Waals surface area contributed by atoms with Crippen molar-refractivity contribution in [2.45, 2.75) is 6.42 Å². The molecule has 0 spiro atoms. The predicted octanol–water partition coefficient (Wildman–Crippen LogP) is 2.01. The van der Waals surface area contributed by atoms with Crippen molar-refractivity contribution in [3.8, 4) is 0 Å². The van der Waals surface area contributed by atoms with E-state index in [-0.39, 0.29) is 5.69 Å². The van der Waals surface area contributed by atoms with Crippen LogP contribution in [0.15, 0.2) is 18.2 Å². The number of nitro benzene ring substituents is 1. The van der Waals surface area contributed by atoms with Gasteiger partial charge in [-0.2, -0.15) is 0 Å². The van der Waals surface area contributed by atoms with Crippen LogP contribution in [-0.4, -0.2) is 22.7 Å². The maximum atomic E-state index is 10.5. The van der Waals surface area contributed by atoms with Gasteiger partial charge in [0, 0.05) is 22.2 Å². The van der Waals surface area contributed by atoms with Crippen LogP contribution in [0.4, 0.5) is 10.5 Å². The van der Waals surface area contributed by atoms with Crippen molar-refractivity contribution < 1.29 is 14.8 Å². The number of benzene rings is 1. The second-order valence-corrected chi connectivity index (χ2v) is 4.18. The van der Waals surface area contributed by atoms with E-state index < -0.39 is 11.0 Å². The second-order valence-electron chi connectivity index (χ2n) is 3.01. The molecule has 0 saturated carbocycles. The average Bonchev–Trinajstić information content (AvgIpc) is 2.19. The Labute approximate surface area is 105 Å². The lowest BCUT2D eigenvalue weighted by Crippen LogP contribution is -2.23. The van der Waals surface area contributed by atoms with Gasteiger partial charge in [0.2, 0.25) is 0 Å². The number of halogens is 1. The van der Waals surface area contributed by atoms with Crippen LogP contribution in [0, 0.1) is 13.7 Å². The Kier molecular flexibility index (Phi) is 4.47. The highest BCUT2D eigenvalue weighted by Gasteiger charge is 2.08. The summed E-state index contributed by atoms with van der Waals surface area (Å²) >= 11 is 2.00. The monoisotopic (exact) mass is 336 g/mol. The summed E-state index contributed by atoms with van der Waals surface area (Å²) in [5.41, 5.74) is 0.930. The Balaban J connectivity index is 2.68. The molecule has 16 heavy (non-hydrogen) atoms. The van der Waals surface area contributed by atoms with E-state index in [1.54, 1.807) is 6.07 Å². The van der Waals surface area contributed by atoms with Crippen LogP contribution in [0.3, 0.4) is 0 Å². The van der Waals surface area contributed by atoms with E-state index in [2.05, 4.69) is 5.32 Å². The highest BCUT2D eigenvalue weighted by Crippen LogP contribution is 2.19. The molecule has 0 aromatic heterocycles. The molecule has 0 saturated heterocycles. The molecule has 0 aliphatic carbocycles. The molecule has 7 heteroatoms. The highest BCUT2D eigenvalue weighted by atomic mass is 127. The molecule has 0 aliphatic heterocycles. The third-order valence-corrected chi connectivity index (χ3v) is 2.92. The largest absolute Gasteiger partial charge is 0.465 e. The van der Waals surface area contributed by atoms with Crippen LogP contribution in [0.2, 0.25) is 0 Å². The van der Waals surface area contributed by atoms with Crippen LogP contribution >= 0.6 is 22.6 Å². The molecule has 0 fully saturated rings. The molecule has 0 heterocycles. The number of rotatable bonds is 4. The zero-order valence-electron chi connectivity index (χ0n) is 8.14. The summed E-state index contributed by atoms with van der Waals surface area (Å²) < 4.78 is 0.763. The standard InChI is InChI=1S/C9H9IN2O4/c10-8-5-7(12(15)16)2-1-6(8)3-4-11-9(13)14/h1-2,5,11H,3-4H2,(H,13,14). The van der Waals surface area contributed by atoms with E-state index in [0.29, 0.717) is 13.0 Å². The molecular weight excluding hydrogens is 327 g/mol. The summed E-state index contributed by atoms with van der Waals surface area (Å²) in [5.74, 6) is 0. The van der Waals surface area contributed by atoms with Crippen LogP contribution in [0.1, 0.15) is 5.56 Å². The number of amides is 1. The molecule has 0 unspecified atom stereocenters. The number of nitrogens with zero attached hydrogens (tertiary/aromatic N) is 1. The lowest BCUT2D eigenvalue weighted by molar-refractivity contribution is -0.385. The maximum Gasteiger partial charge on any atom is 0.404 e. The van der Waals surface area contributed by atoms with Crippen molar-refractivity contribution in [2.75, 3.05) is 6.54 Å².